The third-order valence-electron chi connectivity index (χ3n) is 5.25. The highest BCUT2D eigenvalue weighted by molar-refractivity contribution is 5.74. The van der Waals surface area contributed by atoms with Crippen molar-refractivity contribution in [2.75, 3.05) is 13.1 Å². The van der Waals surface area contributed by atoms with Crippen molar-refractivity contribution in [3.63, 3.8) is 0 Å². The summed E-state index contributed by atoms with van der Waals surface area (Å²) in [6.07, 6.45) is 4.00. The Labute approximate surface area is 104 Å². The van der Waals surface area contributed by atoms with Gasteiger partial charge in [-0.1, -0.05) is 13.8 Å². The molecule has 3 fully saturated rings. The highest BCUT2D eigenvalue weighted by Crippen LogP contribution is 2.42. The average Bonchev–Trinajstić information content (AvgIpc) is 2.73. The van der Waals surface area contributed by atoms with Crippen LogP contribution in [0.2, 0.25) is 0 Å². The van der Waals surface area contributed by atoms with Crippen molar-refractivity contribution < 1.29 is 4.79 Å². The molecular weight excluding hydrogens is 212 g/mol. The molecule has 3 aliphatic rings. The smallest absolute Gasteiger partial charge is 0.219 e. The van der Waals surface area contributed by atoms with Gasteiger partial charge in [-0.2, -0.15) is 0 Å². The van der Waals surface area contributed by atoms with Crippen LogP contribution in [-0.2, 0) is 4.79 Å². The standard InChI is InChI=1S/C14H24N2O/c1-9(2)11-4-12(5-11)16-8-13-6-14(16)7-15(13)10(3)17/h9,11-14H,4-8H2,1-3H3. The zero-order valence-corrected chi connectivity index (χ0v) is 11.2. The lowest BCUT2D eigenvalue weighted by Crippen LogP contribution is -2.55. The molecule has 3 nitrogen and oxygen atoms in total. The van der Waals surface area contributed by atoms with Gasteiger partial charge < -0.3 is 4.90 Å². The third kappa shape index (κ3) is 1.79. The summed E-state index contributed by atoms with van der Waals surface area (Å²) in [5, 5.41) is 0. The van der Waals surface area contributed by atoms with Crippen LogP contribution >= 0.6 is 0 Å². The summed E-state index contributed by atoms with van der Waals surface area (Å²) in [4.78, 5) is 16.2. The van der Waals surface area contributed by atoms with Crippen LogP contribution in [0.15, 0.2) is 0 Å². The summed E-state index contributed by atoms with van der Waals surface area (Å²) < 4.78 is 0. The predicted molar refractivity (Wildman–Crippen MR) is 67.6 cm³/mol. The van der Waals surface area contributed by atoms with Gasteiger partial charge in [-0.15, -0.1) is 0 Å². The largest absolute Gasteiger partial charge is 0.337 e. The van der Waals surface area contributed by atoms with Crippen LogP contribution in [0.5, 0.6) is 0 Å². The van der Waals surface area contributed by atoms with Gasteiger partial charge in [-0.25, -0.2) is 0 Å². The maximum atomic E-state index is 11.4. The topological polar surface area (TPSA) is 23.6 Å². The van der Waals surface area contributed by atoms with E-state index in [2.05, 4.69) is 23.6 Å². The normalized spacial score (nSPS) is 41.1. The number of piperazine rings is 1. The molecule has 2 saturated heterocycles. The number of hydrogen-bond donors (Lipinski definition) is 0. The van der Waals surface area contributed by atoms with Crippen molar-refractivity contribution in [3.05, 3.63) is 0 Å². The van der Waals surface area contributed by atoms with Gasteiger partial charge in [0, 0.05) is 38.1 Å². The van der Waals surface area contributed by atoms with Gasteiger partial charge >= 0.3 is 0 Å². The van der Waals surface area contributed by atoms with Crippen LogP contribution in [-0.4, -0.2) is 46.9 Å². The van der Waals surface area contributed by atoms with E-state index < -0.39 is 0 Å². The van der Waals surface area contributed by atoms with Crippen molar-refractivity contribution in [3.8, 4) is 0 Å². The molecule has 2 aliphatic heterocycles. The number of carbonyl (C=O) groups is 1. The van der Waals surface area contributed by atoms with E-state index in [1.807, 2.05) is 0 Å². The molecule has 0 N–H and O–H groups in total. The van der Waals surface area contributed by atoms with Crippen molar-refractivity contribution in [2.24, 2.45) is 11.8 Å². The lowest BCUT2D eigenvalue weighted by atomic mass is 9.73. The highest BCUT2D eigenvalue weighted by atomic mass is 16.2. The Morgan fingerprint density at radius 3 is 2.24 bits per heavy atom. The summed E-state index contributed by atoms with van der Waals surface area (Å²) in [7, 11) is 0. The van der Waals surface area contributed by atoms with E-state index in [1.54, 1.807) is 6.92 Å². The van der Waals surface area contributed by atoms with Crippen molar-refractivity contribution in [2.45, 2.75) is 58.2 Å². The summed E-state index contributed by atoms with van der Waals surface area (Å²) in [6.45, 7) is 8.52. The van der Waals surface area contributed by atoms with Gasteiger partial charge in [-0.05, 0) is 31.1 Å². The quantitative estimate of drug-likeness (QED) is 0.729. The summed E-state index contributed by atoms with van der Waals surface area (Å²) in [5.41, 5.74) is 0. The van der Waals surface area contributed by atoms with Gasteiger partial charge in [-0.3, -0.25) is 9.69 Å². The van der Waals surface area contributed by atoms with E-state index in [4.69, 9.17) is 0 Å². The Morgan fingerprint density at radius 2 is 1.76 bits per heavy atom. The maximum Gasteiger partial charge on any atom is 0.219 e. The predicted octanol–water partition coefficient (Wildman–Crippen LogP) is 1.73. The molecule has 17 heavy (non-hydrogen) atoms. The lowest BCUT2D eigenvalue weighted by molar-refractivity contribution is -0.131. The molecule has 2 bridgehead atoms. The molecule has 0 aromatic rings. The second-order valence-corrected chi connectivity index (χ2v) is 6.54. The number of nitrogens with zero attached hydrogens (tertiary/aromatic N) is 2. The summed E-state index contributed by atoms with van der Waals surface area (Å²) >= 11 is 0. The van der Waals surface area contributed by atoms with Gasteiger partial charge in [0.05, 0.1) is 0 Å². The molecule has 1 amide bonds. The molecule has 0 radical (unpaired) electrons. The first kappa shape index (κ1) is 11.5. The Morgan fingerprint density at radius 1 is 1.06 bits per heavy atom. The van der Waals surface area contributed by atoms with E-state index >= 15 is 0 Å². The fraction of sp³-hybridized carbons (Fsp3) is 0.929. The van der Waals surface area contributed by atoms with E-state index in [9.17, 15) is 4.79 Å². The minimum Gasteiger partial charge on any atom is -0.337 e. The van der Waals surface area contributed by atoms with Gasteiger partial charge in [0.15, 0.2) is 0 Å². The monoisotopic (exact) mass is 236 g/mol. The Bertz CT molecular complexity index is 322. The number of fused-ring (bicyclic) bond motifs is 2. The lowest BCUT2D eigenvalue weighted by Gasteiger charge is -2.47. The number of hydrogen-bond acceptors (Lipinski definition) is 2. The second kappa shape index (κ2) is 3.98. The minimum atomic E-state index is 0.269. The molecule has 96 valence electrons. The van der Waals surface area contributed by atoms with Gasteiger partial charge in [0.2, 0.25) is 5.91 Å². The second-order valence-electron chi connectivity index (χ2n) is 6.54. The summed E-state index contributed by atoms with van der Waals surface area (Å²) in [5.74, 6) is 2.06. The van der Waals surface area contributed by atoms with E-state index in [1.165, 1.54) is 19.3 Å². The molecule has 0 spiro atoms. The molecular formula is C14H24N2O. The van der Waals surface area contributed by atoms with Crippen molar-refractivity contribution >= 4 is 5.91 Å². The van der Waals surface area contributed by atoms with E-state index in [0.29, 0.717) is 12.1 Å². The van der Waals surface area contributed by atoms with Crippen molar-refractivity contribution in [1.82, 2.24) is 9.80 Å². The van der Waals surface area contributed by atoms with Crippen LogP contribution in [0.3, 0.4) is 0 Å². The fourth-order valence-corrected chi connectivity index (χ4v) is 3.98. The first-order valence-electron chi connectivity index (χ1n) is 7.09. The Kier molecular flexibility index (Phi) is 2.69. The fourth-order valence-electron chi connectivity index (χ4n) is 3.98. The molecule has 1 saturated carbocycles. The molecule has 2 heterocycles. The molecule has 2 atom stereocenters. The number of rotatable bonds is 2. The zero-order chi connectivity index (χ0) is 12.2. The van der Waals surface area contributed by atoms with Crippen LogP contribution in [0.1, 0.15) is 40.0 Å². The Balaban J connectivity index is 1.55. The summed E-state index contributed by atoms with van der Waals surface area (Å²) in [6, 6.07) is 2.02. The minimum absolute atomic E-state index is 0.269. The van der Waals surface area contributed by atoms with Gasteiger partial charge in [0.1, 0.15) is 0 Å². The zero-order valence-electron chi connectivity index (χ0n) is 11.2. The van der Waals surface area contributed by atoms with Gasteiger partial charge in [0.25, 0.3) is 0 Å². The average molecular weight is 236 g/mol. The molecule has 2 unspecified atom stereocenters. The van der Waals surface area contributed by atoms with Crippen LogP contribution in [0.4, 0.5) is 0 Å². The molecule has 0 aromatic carbocycles. The molecule has 1 aliphatic carbocycles. The maximum absolute atomic E-state index is 11.4. The third-order valence-corrected chi connectivity index (χ3v) is 5.25. The number of carbonyl (C=O) groups excluding carboxylic acids is 1. The van der Waals surface area contributed by atoms with E-state index in [0.717, 1.165) is 31.0 Å². The molecule has 0 aromatic heterocycles. The highest BCUT2D eigenvalue weighted by Gasteiger charge is 2.49. The van der Waals surface area contributed by atoms with E-state index in [-0.39, 0.29) is 5.91 Å². The van der Waals surface area contributed by atoms with Crippen molar-refractivity contribution in [1.29, 1.82) is 0 Å². The number of likely N-dealkylation sites (tertiary alicyclic amines) is 2. The first-order valence-corrected chi connectivity index (χ1v) is 7.09. The van der Waals surface area contributed by atoms with Crippen LogP contribution in [0.25, 0.3) is 0 Å². The Hall–Kier alpha value is -0.570. The molecule has 3 heteroatoms. The molecule has 3 rings (SSSR count). The first-order chi connectivity index (χ1) is 8.06. The number of amides is 1. The van der Waals surface area contributed by atoms with Crippen LogP contribution < -0.4 is 0 Å². The van der Waals surface area contributed by atoms with Crippen LogP contribution in [0, 0.1) is 11.8 Å². The SMILES string of the molecule is CC(=O)N1CC2CC1CN2C1CC(C(C)C)C1.